The molecule has 0 N–H and O–H groups in total. The molecule has 0 aliphatic heterocycles. The zero-order valence-corrected chi connectivity index (χ0v) is 6.93. The van der Waals surface area contributed by atoms with Crippen molar-refractivity contribution in [3.05, 3.63) is 42.5 Å². The number of benzene rings is 1. The second-order valence-electron chi connectivity index (χ2n) is 2.76. The van der Waals surface area contributed by atoms with Crippen LogP contribution in [0.1, 0.15) is 12.0 Å². The summed E-state index contributed by atoms with van der Waals surface area (Å²) in [5.74, 6) is 0. The molecule has 1 rings (SSSR count). The molecule has 0 spiro atoms. The van der Waals surface area contributed by atoms with Crippen LogP contribution in [-0.2, 0) is 0 Å². The van der Waals surface area contributed by atoms with Gasteiger partial charge in [-0.1, -0.05) is 36.9 Å². The van der Waals surface area contributed by atoms with Crippen LogP contribution in [0.15, 0.2) is 36.9 Å². The van der Waals surface area contributed by atoms with E-state index in [1.165, 1.54) is 0 Å². The van der Waals surface area contributed by atoms with Gasteiger partial charge in [0.25, 0.3) is 0 Å². The molecule has 0 radical (unpaired) electrons. The molecular formula is C10H9F3. The first kappa shape index (κ1) is 9.84. The maximum Gasteiger partial charge on any atom is 0.393 e. The topological polar surface area (TPSA) is 0 Å². The molecule has 0 aliphatic carbocycles. The van der Waals surface area contributed by atoms with Crippen LogP contribution in [0, 0.1) is 0 Å². The van der Waals surface area contributed by atoms with Gasteiger partial charge in [-0.05, 0) is 11.1 Å². The van der Waals surface area contributed by atoms with Crippen LogP contribution in [0.25, 0.3) is 5.57 Å². The van der Waals surface area contributed by atoms with Gasteiger partial charge in [0.05, 0.1) is 6.42 Å². The highest BCUT2D eigenvalue weighted by Gasteiger charge is 2.28. The Morgan fingerprint density at radius 2 is 1.69 bits per heavy atom. The Balaban J connectivity index is 2.71. The lowest BCUT2D eigenvalue weighted by atomic mass is 10.1. The second-order valence-corrected chi connectivity index (χ2v) is 2.76. The molecule has 0 fully saturated rings. The first-order chi connectivity index (χ1) is 5.99. The number of halogens is 3. The summed E-state index contributed by atoms with van der Waals surface area (Å²) >= 11 is 0. The molecule has 0 amide bonds. The third-order valence-electron chi connectivity index (χ3n) is 1.60. The number of alkyl halides is 3. The summed E-state index contributed by atoms with van der Waals surface area (Å²) in [5.41, 5.74) is 0.646. The van der Waals surface area contributed by atoms with E-state index in [-0.39, 0.29) is 5.57 Å². The van der Waals surface area contributed by atoms with E-state index >= 15 is 0 Å². The van der Waals surface area contributed by atoms with Gasteiger partial charge < -0.3 is 0 Å². The fourth-order valence-electron chi connectivity index (χ4n) is 1.02. The zero-order chi connectivity index (χ0) is 9.90. The molecular weight excluding hydrogens is 177 g/mol. The van der Waals surface area contributed by atoms with E-state index in [1.54, 1.807) is 30.3 Å². The van der Waals surface area contributed by atoms with E-state index in [0.29, 0.717) is 5.56 Å². The average Bonchev–Trinajstić information content (AvgIpc) is 2.03. The van der Waals surface area contributed by atoms with Gasteiger partial charge in [-0.15, -0.1) is 0 Å². The van der Waals surface area contributed by atoms with Crippen LogP contribution in [0.4, 0.5) is 13.2 Å². The first-order valence-corrected chi connectivity index (χ1v) is 3.79. The van der Waals surface area contributed by atoms with Gasteiger partial charge in [-0.3, -0.25) is 0 Å². The van der Waals surface area contributed by atoms with Crippen LogP contribution in [-0.4, -0.2) is 6.18 Å². The maximum absolute atomic E-state index is 11.9. The fraction of sp³-hybridized carbons (Fsp3) is 0.200. The molecule has 70 valence electrons. The predicted molar refractivity (Wildman–Crippen MR) is 46.1 cm³/mol. The van der Waals surface area contributed by atoms with Crippen molar-refractivity contribution in [3.8, 4) is 0 Å². The van der Waals surface area contributed by atoms with Gasteiger partial charge in [0, 0.05) is 0 Å². The lowest BCUT2D eigenvalue weighted by Gasteiger charge is -2.08. The van der Waals surface area contributed by atoms with E-state index in [9.17, 15) is 13.2 Å². The maximum atomic E-state index is 11.9. The van der Waals surface area contributed by atoms with Crippen LogP contribution in [0.3, 0.4) is 0 Å². The van der Waals surface area contributed by atoms with Crippen molar-refractivity contribution < 1.29 is 13.2 Å². The Kier molecular flexibility index (Phi) is 2.76. The summed E-state index contributed by atoms with van der Waals surface area (Å²) in [4.78, 5) is 0. The third kappa shape index (κ3) is 3.32. The molecule has 0 saturated carbocycles. The minimum absolute atomic E-state index is 0.105. The SMILES string of the molecule is C=C(CC(F)(F)F)c1ccccc1. The van der Waals surface area contributed by atoms with Crippen LogP contribution < -0.4 is 0 Å². The fourth-order valence-corrected chi connectivity index (χ4v) is 1.02. The predicted octanol–water partition coefficient (Wildman–Crippen LogP) is 3.65. The average molecular weight is 186 g/mol. The molecule has 13 heavy (non-hydrogen) atoms. The minimum Gasteiger partial charge on any atom is -0.171 e. The first-order valence-electron chi connectivity index (χ1n) is 3.79. The van der Waals surface area contributed by atoms with Crippen LogP contribution >= 0.6 is 0 Å². The lowest BCUT2D eigenvalue weighted by molar-refractivity contribution is -0.122. The van der Waals surface area contributed by atoms with Crippen molar-refractivity contribution in [2.24, 2.45) is 0 Å². The van der Waals surface area contributed by atoms with Crippen molar-refractivity contribution in [3.63, 3.8) is 0 Å². The van der Waals surface area contributed by atoms with E-state index in [0.717, 1.165) is 0 Å². The highest BCUT2D eigenvalue weighted by molar-refractivity contribution is 5.63. The Bertz CT molecular complexity index is 285. The summed E-state index contributed by atoms with van der Waals surface area (Å²) < 4.78 is 35.8. The molecule has 0 nitrogen and oxygen atoms in total. The van der Waals surface area contributed by atoms with Gasteiger partial charge in [-0.2, -0.15) is 13.2 Å². The molecule has 0 heterocycles. The van der Waals surface area contributed by atoms with Gasteiger partial charge in [0.2, 0.25) is 0 Å². The van der Waals surface area contributed by atoms with E-state index in [1.807, 2.05) is 0 Å². The van der Waals surface area contributed by atoms with Crippen molar-refractivity contribution in [1.82, 2.24) is 0 Å². The number of hydrogen-bond donors (Lipinski definition) is 0. The van der Waals surface area contributed by atoms with Gasteiger partial charge >= 0.3 is 6.18 Å². The van der Waals surface area contributed by atoms with Gasteiger partial charge in [-0.25, -0.2) is 0 Å². The van der Waals surface area contributed by atoms with Gasteiger partial charge in [0.1, 0.15) is 0 Å². The molecule has 0 atom stereocenters. The number of allylic oxidation sites excluding steroid dienone is 1. The second kappa shape index (κ2) is 3.64. The standard InChI is InChI=1S/C10H9F3/c1-8(7-10(11,12)13)9-5-3-2-4-6-9/h2-6H,1,7H2. The normalized spacial score (nSPS) is 11.3. The van der Waals surface area contributed by atoms with Crippen molar-refractivity contribution >= 4 is 5.57 Å². The zero-order valence-electron chi connectivity index (χ0n) is 6.93. The van der Waals surface area contributed by atoms with Crippen molar-refractivity contribution in [2.45, 2.75) is 12.6 Å². The summed E-state index contributed by atoms with van der Waals surface area (Å²) in [7, 11) is 0. The lowest BCUT2D eigenvalue weighted by Crippen LogP contribution is -2.07. The molecule has 0 unspecified atom stereocenters. The van der Waals surface area contributed by atoms with Crippen molar-refractivity contribution in [1.29, 1.82) is 0 Å². The monoisotopic (exact) mass is 186 g/mol. The van der Waals surface area contributed by atoms with E-state index in [2.05, 4.69) is 6.58 Å². The molecule has 0 bridgehead atoms. The Morgan fingerprint density at radius 1 is 1.15 bits per heavy atom. The van der Waals surface area contributed by atoms with E-state index < -0.39 is 12.6 Å². The van der Waals surface area contributed by atoms with E-state index in [4.69, 9.17) is 0 Å². The Hall–Kier alpha value is -1.25. The minimum atomic E-state index is -4.17. The van der Waals surface area contributed by atoms with Crippen molar-refractivity contribution in [2.75, 3.05) is 0 Å². The summed E-state index contributed by atoms with van der Waals surface area (Å²) in [6, 6.07) is 8.38. The van der Waals surface area contributed by atoms with Crippen LogP contribution in [0.2, 0.25) is 0 Å². The third-order valence-corrected chi connectivity index (χ3v) is 1.60. The molecule has 0 aliphatic rings. The largest absolute Gasteiger partial charge is 0.393 e. The summed E-state index contributed by atoms with van der Waals surface area (Å²) in [5, 5.41) is 0. The molecule has 1 aromatic rings. The molecule has 0 saturated heterocycles. The Morgan fingerprint density at radius 3 is 2.15 bits per heavy atom. The number of hydrogen-bond acceptors (Lipinski definition) is 0. The van der Waals surface area contributed by atoms with Crippen LogP contribution in [0.5, 0.6) is 0 Å². The quantitative estimate of drug-likeness (QED) is 0.661. The Labute approximate surface area is 74.7 Å². The molecule has 0 aromatic heterocycles. The highest BCUT2D eigenvalue weighted by atomic mass is 19.4. The summed E-state index contributed by atoms with van der Waals surface area (Å²) in [6.07, 6.45) is -5.12. The van der Waals surface area contributed by atoms with Gasteiger partial charge in [0.15, 0.2) is 0 Å². The molecule has 3 heteroatoms. The number of rotatable bonds is 2. The smallest absolute Gasteiger partial charge is 0.171 e. The summed E-state index contributed by atoms with van der Waals surface area (Å²) in [6.45, 7) is 3.39. The molecule has 1 aromatic carbocycles. The highest BCUT2D eigenvalue weighted by Crippen LogP contribution is 2.28.